The fourth-order valence-corrected chi connectivity index (χ4v) is 2.56. The molecule has 25 heavy (non-hydrogen) atoms. The first kappa shape index (κ1) is 17.1. The number of aromatic nitrogens is 2. The van der Waals surface area contributed by atoms with E-state index in [4.69, 9.17) is 0 Å². The van der Waals surface area contributed by atoms with Crippen molar-refractivity contribution in [1.82, 2.24) is 15.2 Å². The van der Waals surface area contributed by atoms with Crippen molar-refractivity contribution in [3.8, 4) is 0 Å². The Morgan fingerprint density at radius 1 is 1.20 bits per heavy atom. The van der Waals surface area contributed by atoms with Crippen LogP contribution in [0, 0.1) is 6.92 Å². The number of carbonyl (C=O) groups is 1. The number of halogens is 1. The topological polar surface area (TPSA) is 59.3 Å². The number of hydrogen-bond donors (Lipinski definition) is 1. The Hall–Kier alpha value is -2.73. The molecule has 5 nitrogen and oxygen atoms in total. The summed E-state index contributed by atoms with van der Waals surface area (Å²) in [4.78, 5) is 12.1. The van der Waals surface area contributed by atoms with Gasteiger partial charge in [0.15, 0.2) is 5.69 Å². The maximum atomic E-state index is 12.1. The first-order chi connectivity index (χ1) is 12.1. The second-order valence-corrected chi connectivity index (χ2v) is 6.50. The molecule has 3 aromatic rings. The molecular formula is C19H17BrN4O. The number of aryl methyl sites for hydroxylation is 1. The predicted octanol–water partition coefficient (Wildman–Crippen LogP) is 3.77. The van der Waals surface area contributed by atoms with Gasteiger partial charge in [-0.1, -0.05) is 52.3 Å². The molecule has 126 valence electrons. The summed E-state index contributed by atoms with van der Waals surface area (Å²) in [6.07, 6.45) is 3.41. The van der Waals surface area contributed by atoms with Crippen molar-refractivity contribution < 1.29 is 4.79 Å². The molecule has 0 unspecified atom stereocenters. The van der Waals surface area contributed by atoms with E-state index in [0.717, 1.165) is 21.2 Å². The van der Waals surface area contributed by atoms with E-state index < -0.39 is 0 Å². The van der Waals surface area contributed by atoms with Crippen LogP contribution >= 0.6 is 15.9 Å². The van der Waals surface area contributed by atoms with Crippen LogP contribution in [0.4, 0.5) is 0 Å². The number of benzene rings is 2. The van der Waals surface area contributed by atoms with Gasteiger partial charge in [-0.05, 0) is 41.8 Å². The van der Waals surface area contributed by atoms with Crippen LogP contribution in [0.2, 0.25) is 0 Å². The number of hydrogen-bond acceptors (Lipinski definition) is 3. The van der Waals surface area contributed by atoms with E-state index in [2.05, 4.69) is 31.6 Å². The number of carbonyl (C=O) groups excluding carboxylic acids is 1. The van der Waals surface area contributed by atoms with Crippen molar-refractivity contribution in [2.24, 2.45) is 5.10 Å². The van der Waals surface area contributed by atoms with Gasteiger partial charge in [-0.15, -0.1) is 0 Å². The molecule has 0 atom stereocenters. The van der Waals surface area contributed by atoms with Gasteiger partial charge in [0.25, 0.3) is 5.91 Å². The molecule has 6 heteroatoms. The quantitative estimate of drug-likeness (QED) is 0.527. The molecule has 1 N–H and O–H groups in total. The highest BCUT2D eigenvalue weighted by atomic mass is 79.9. The first-order valence-corrected chi connectivity index (χ1v) is 8.58. The third kappa shape index (κ3) is 4.64. The number of nitrogens with zero attached hydrogens (tertiary/aromatic N) is 3. The Balaban J connectivity index is 1.60. The lowest BCUT2D eigenvalue weighted by atomic mass is 10.1. The summed E-state index contributed by atoms with van der Waals surface area (Å²) in [6, 6.07) is 17.5. The van der Waals surface area contributed by atoms with Crippen molar-refractivity contribution in [2.75, 3.05) is 0 Å². The normalized spacial score (nSPS) is 11.0. The van der Waals surface area contributed by atoms with E-state index >= 15 is 0 Å². The fourth-order valence-electron chi connectivity index (χ4n) is 2.30. The van der Waals surface area contributed by atoms with Crippen LogP contribution in [0.15, 0.2) is 70.4 Å². The Bertz CT molecular complexity index is 900. The van der Waals surface area contributed by atoms with Gasteiger partial charge < -0.3 is 0 Å². The molecule has 1 aromatic heterocycles. The van der Waals surface area contributed by atoms with Crippen LogP contribution in [0.5, 0.6) is 0 Å². The van der Waals surface area contributed by atoms with Gasteiger partial charge in [0.1, 0.15) is 0 Å². The third-order valence-corrected chi connectivity index (χ3v) is 4.22. The molecule has 0 aliphatic carbocycles. The number of hydrazone groups is 1. The maximum absolute atomic E-state index is 12.1. The number of rotatable bonds is 5. The summed E-state index contributed by atoms with van der Waals surface area (Å²) in [5.41, 5.74) is 6.01. The molecule has 1 heterocycles. The summed E-state index contributed by atoms with van der Waals surface area (Å²) in [6.45, 7) is 2.60. The summed E-state index contributed by atoms with van der Waals surface area (Å²) in [5.74, 6) is -0.334. The van der Waals surface area contributed by atoms with Crippen molar-refractivity contribution in [3.63, 3.8) is 0 Å². The molecular weight excluding hydrogens is 380 g/mol. The summed E-state index contributed by atoms with van der Waals surface area (Å²) >= 11 is 3.41. The average molecular weight is 397 g/mol. The van der Waals surface area contributed by atoms with Gasteiger partial charge >= 0.3 is 0 Å². The van der Waals surface area contributed by atoms with Gasteiger partial charge in [-0.2, -0.15) is 10.2 Å². The average Bonchev–Trinajstić information content (AvgIpc) is 3.07. The van der Waals surface area contributed by atoms with Crippen LogP contribution in [-0.4, -0.2) is 21.9 Å². The molecule has 0 aliphatic heterocycles. The zero-order chi connectivity index (χ0) is 17.6. The van der Waals surface area contributed by atoms with E-state index in [1.807, 2.05) is 55.5 Å². The Morgan fingerprint density at radius 3 is 2.72 bits per heavy atom. The van der Waals surface area contributed by atoms with Crippen molar-refractivity contribution in [3.05, 3.63) is 87.7 Å². The molecule has 0 fully saturated rings. The monoisotopic (exact) mass is 396 g/mol. The van der Waals surface area contributed by atoms with Crippen LogP contribution in [0.1, 0.15) is 27.2 Å². The molecule has 0 aliphatic rings. The van der Waals surface area contributed by atoms with E-state index in [-0.39, 0.29) is 5.91 Å². The Kier molecular flexibility index (Phi) is 5.40. The lowest BCUT2D eigenvalue weighted by Crippen LogP contribution is -2.18. The van der Waals surface area contributed by atoms with E-state index in [0.29, 0.717) is 12.2 Å². The molecule has 0 spiro atoms. The SMILES string of the molecule is Cc1ccccc1/C=N\NC(=O)c1ccn(Cc2ccc(Br)cc2)n1. The van der Waals surface area contributed by atoms with Crippen LogP contribution < -0.4 is 5.43 Å². The van der Waals surface area contributed by atoms with Gasteiger partial charge in [0, 0.05) is 10.7 Å². The van der Waals surface area contributed by atoms with Crippen LogP contribution in [-0.2, 0) is 6.54 Å². The minimum absolute atomic E-state index is 0.332. The first-order valence-electron chi connectivity index (χ1n) is 7.79. The third-order valence-electron chi connectivity index (χ3n) is 3.69. The highest BCUT2D eigenvalue weighted by Gasteiger charge is 2.08. The van der Waals surface area contributed by atoms with Crippen LogP contribution in [0.25, 0.3) is 0 Å². The van der Waals surface area contributed by atoms with E-state index in [1.165, 1.54) is 0 Å². The molecule has 0 saturated carbocycles. The van der Waals surface area contributed by atoms with Gasteiger partial charge in [-0.25, -0.2) is 5.43 Å². The highest BCUT2D eigenvalue weighted by Crippen LogP contribution is 2.11. The Labute approximate surface area is 154 Å². The Morgan fingerprint density at radius 2 is 1.96 bits per heavy atom. The largest absolute Gasteiger partial charge is 0.291 e. The molecule has 0 radical (unpaired) electrons. The summed E-state index contributed by atoms with van der Waals surface area (Å²) < 4.78 is 2.76. The molecule has 0 saturated heterocycles. The lowest BCUT2D eigenvalue weighted by Gasteiger charge is -2.02. The summed E-state index contributed by atoms with van der Waals surface area (Å²) in [7, 11) is 0. The van der Waals surface area contributed by atoms with Crippen LogP contribution in [0.3, 0.4) is 0 Å². The van der Waals surface area contributed by atoms with Gasteiger partial charge in [-0.3, -0.25) is 9.48 Å². The van der Waals surface area contributed by atoms with E-state index in [9.17, 15) is 4.79 Å². The second kappa shape index (κ2) is 7.90. The van der Waals surface area contributed by atoms with E-state index in [1.54, 1.807) is 23.2 Å². The molecule has 1 amide bonds. The molecule has 0 bridgehead atoms. The second-order valence-electron chi connectivity index (χ2n) is 5.58. The predicted molar refractivity (Wildman–Crippen MR) is 102 cm³/mol. The number of nitrogens with one attached hydrogen (secondary N) is 1. The lowest BCUT2D eigenvalue weighted by molar-refractivity contribution is 0.0949. The zero-order valence-electron chi connectivity index (χ0n) is 13.7. The maximum Gasteiger partial charge on any atom is 0.291 e. The molecule has 2 aromatic carbocycles. The van der Waals surface area contributed by atoms with Crippen molar-refractivity contribution in [1.29, 1.82) is 0 Å². The van der Waals surface area contributed by atoms with Gasteiger partial charge in [0.05, 0.1) is 12.8 Å². The van der Waals surface area contributed by atoms with Gasteiger partial charge in [0.2, 0.25) is 0 Å². The smallest absolute Gasteiger partial charge is 0.268 e. The minimum atomic E-state index is -0.334. The van der Waals surface area contributed by atoms with Crippen molar-refractivity contribution >= 4 is 28.1 Å². The van der Waals surface area contributed by atoms with Crippen molar-refractivity contribution in [2.45, 2.75) is 13.5 Å². The minimum Gasteiger partial charge on any atom is -0.268 e. The highest BCUT2D eigenvalue weighted by molar-refractivity contribution is 9.10. The summed E-state index contributed by atoms with van der Waals surface area (Å²) in [5, 5.41) is 8.29. The zero-order valence-corrected chi connectivity index (χ0v) is 15.3. The molecule has 3 rings (SSSR count). The number of amides is 1. The fraction of sp³-hybridized carbons (Fsp3) is 0.105. The standard InChI is InChI=1S/C19H17BrN4O/c1-14-4-2-3-5-16(14)12-21-22-19(25)18-10-11-24(23-18)13-15-6-8-17(20)9-7-15/h2-12H,13H2,1H3,(H,22,25)/b21-12-.